The van der Waals surface area contributed by atoms with Crippen LogP contribution in [0.5, 0.6) is 11.5 Å². The minimum Gasteiger partial charge on any atom is -0.508 e. The molecule has 0 spiro atoms. The van der Waals surface area contributed by atoms with Gasteiger partial charge in [-0.1, -0.05) is 54.1 Å². The summed E-state index contributed by atoms with van der Waals surface area (Å²) in [4.78, 5) is 44.2. The summed E-state index contributed by atoms with van der Waals surface area (Å²) in [6.45, 7) is 0.555. The van der Waals surface area contributed by atoms with Gasteiger partial charge in [0.25, 0.3) is 0 Å². The van der Waals surface area contributed by atoms with Gasteiger partial charge in [0.05, 0.1) is 20.2 Å². The maximum atomic E-state index is 13.9. The average Bonchev–Trinajstić information content (AvgIpc) is 2.96. The van der Waals surface area contributed by atoms with Crippen LogP contribution in [-0.2, 0) is 29.1 Å². The molecule has 0 aromatic heterocycles. The summed E-state index contributed by atoms with van der Waals surface area (Å²) < 4.78 is 5.21. The highest BCUT2D eigenvalue weighted by molar-refractivity contribution is 6.31. The molecule has 0 unspecified atom stereocenters. The zero-order chi connectivity index (χ0) is 29.1. The molecule has 2 fully saturated rings. The smallest absolute Gasteiger partial charge is 0.334 e. The number of aromatic hydroxyl groups is 1. The van der Waals surface area contributed by atoms with Crippen molar-refractivity contribution in [3.05, 3.63) is 94.5 Å². The van der Waals surface area contributed by atoms with Crippen LogP contribution in [0.3, 0.4) is 0 Å². The number of piperazine rings is 1. The number of fused-ring (bicyclic) bond motifs is 1. The van der Waals surface area contributed by atoms with Crippen LogP contribution in [0.25, 0.3) is 0 Å². The van der Waals surface area contributed by atoms with E-state index in [4.69, 9.17) is 16.3 Å². The van der Waals surface area contributed by atoms with Crippen molar-refractivity contribution in [2.45, 2.75) is 31.7 Å². The Hall–Kier alpha value is -4.28. The highest BCUT2D eigenvalue weighted by Gasteiger charge is 2.50. The predicted octanol–water partition coefficient (Wildman–Crippen LogP) is 3.23. The number of hydrazine groups is 1. The summed E-state index contributed by atoms with van der Waals surface area (Å²) in [5.41, 5.74) is 2.43. The fourth-order valence-electron chi connectivity index (χ4n) is 5.34. The van der Waals surface area contributed by atoms with Crippen molar-refractivity contribution in [3.63, 3.8) is 0 Å². The molecule has 0 aliphatic carbocycles. The fraction of sp³-hybridized carbons (Fsp3) is 0.300. The third-order valence-electron chi connectivity index (χ3n) is 7.43. The van der Waals surface area contributed by atoms with Gasteiger partial charge in [-0.3, -0.25) is 9.59 Å². The number of urea groups is 1. The molecule has 11 heteroatoms. The number of benzene rings is 3. The van der Waals surface area contributed by atoms with Gasteiger partial charge in [0.2, 0.25) is 11.8 Å². The van der Waals surface area contributed by atoms with E-state index in [1.54, 1.807) is 54.4 Å². The van der Waals surface area contributed by atoms with Gasteiger partial charge in [-0.2, -0.15) is 0 Å². The molecule has 2 N–H and O–H groups in total. The molecule has 2 aliphatic rings. The molecule has 41 heavy (non-hydrogen) atoms. The lowest BCUT2D eigenvalue weighted by atomic mass is 9.98. The summed E-state index contributed by atoms with van der Waals surface area (Å²) in [7, 11) is 3.28. The van der Waals surface area contributed by atoms with Crippen molar-refractivity contribution >= 4 is 29.4 Å². The third-order valence-corrected chi connectivity index (χ3v) is 7.80. The first kappa shape index (κ1) is 28.3. The number of rotatable bonds is 7. The van der Waals surface area contributed by atoms with Gasteiger partial charge < -0.3 is 25.0 Å². The number of amides is 4. The first-order valence-electron chi connectivity index (χ1n) is 13.3. The first-order chi connectivity index (χ1) is 19.7. The minimum absolute atomic E-state index is 0.0592. The van der Waals surface area contributed by atoms with Gasteiger partial charge in [0.1, 0.15) is 23.7 Å². The molecule has 2 saturated heterocycles. The SMILES string of the molecule is COc1ccc(CNC(=O)N2[C@H]3CN(Cc4ccccc4Cl)C(=O)[C@H](Cc4ccc(O)cc4)N3C(=O)CN2C)cc1. The van der Waals surface area contributed by atoms with E-state index >= 15 is 0 Å². The Morgan fingerprint density at radius 3 is 2.39 bits per heavy atom. The number of hydrogen-bond acceptors (Lipinski definition) is 6. The van der Waals surface area contributed by atoms with Crippen LogP contribution in [0.2, 0.25) is 5.02 Å². The standard InChI is InChI=1S/C30H32ClN5O5/c1-33-19-28(38)35-26(15-20-7-11-23(37)12-8-20)29(39)34(17-22-5-3-4-6-25(22)31)18-27(35)36(33)30(40)32-16-21-9-13-24(41-2)14-10-21/h3-14,26-27,37H,15-19H2,1-2H3,(H,32,40)/t26-,27-/m0/s1. The minimum atomic E-state index is -0.848. The van der Waals surface area contributed by atoms with Crippen molar-refractivity contribution in [2.24, 2.45) is 0 Å². The van der Waals surface area contributed by atoms with Crippen molar-refractivity contribution in [3.8, 4) is 11.5 Å². The highest BCUT2D eigenvalue weighted by Crippen LogP contribution is 2.30. The van der Waals surface area contributed by atoms with E-state index in [9.17, 15) is 19.5 Å². The van der Waals surface area contributed by atoms with Crippen molar-refractivity contribution < 1.29 is 24.2 Å². The lowest BCUT2D eigenvalue weighted by molar-refractivity contribution is -0.187. The average molecular weight is 578 g/mol. The van der Waals surface area contributed by atoms with Crippen LogP contribution in [0.1, 0.15) is 16.7 Å². The van der Waals surface area contributed by atoms with Crippen LogP contribution >= 0.6 is 11.6 Å². The summed E-state index contributed by atoms with van der Waals surface area (Å²) in [6, 6.07) is 20.0. The molecule has 4 amide bonds. The quantitative estimate of drug-likeness (QED) is 0.447. The second-order valence-electron chi connectivity index (χ2n) is 10.1. The van der Waals surface area contributed by atoms with E-state index < -0.39 is 12.2 Å². The number of methoxy groups -OCH3 is 1. The molecule has 3 aromatic carbocycles. The first-order valence-corrected chi connectivity index (χ1v) is 13.6. The number of likely N-dealkylation sites (N-methyl/N-ethyl adjacent to an activating group) is 1. The van der Waals surface area contributed by atoms with Crippen molar-refractivity contribution in [2.75, 3.05) is 27.2 Å². The zero-order valence-electron chi connectivity index (χ0n) is 22.9. The molecule has 2 heterocycles. The van der Waals surface area contributed by atoms with Gasteiger partial charge in [-0.25, -0.2) is 14.8 Å². The van der Waals surface area contributed by atoms with E-state index in [0.29, 0.717) is 5.02 Å². The van der Waals surface area contributed by atoms with Gasteiger partial charge in [0.15, 0.2) is 0 Å². The monoisotopic (exact) mass is 577 g/mol. The molecule has 10 nitrogen and oxygen atoms in total. The number of carbonyl (C=O) groups excluding carboxylic acids is 3. The van der Waals surface area contributed by atoms with E-state index in [1.165, 1.54) is 9.91 Å². The van der Waals surface area contributed by atoms with E-state index in [0.717, 1.165) is 22.4 Å². The summed E-state index contributed by atoms with van der Waals surface area (Å²) in [5.74, 6) is 0.351. The largest absolute Gasteiger partial charge is 0.508 e. The number of ether oxygens (including phenoxy) is 1. The molecule has 0 saturated carbocycles. The summed E-state index contributed by atoms with van der Waals surface area (Å²) in [5, 5.41) is 16.3. The number of hydrogen-bond donors (Lipinski definition) is 2. The molecule has 0 bridgehead atoms. The van der Waals surface area contributed by atoms with Gasteiger partial charge >= 0.3 is 6.03 Å². The number of phenolic OH excluding ortho intramolecular Hbond substituents is 1. The normalized spacial score (nSPS) is 19.2. The van der Waals surface area contributed by atoms with Crippen molar-refractivity contribution in [1.29, 1.82) is 0 Å². The number of nitrogens with zero attached hydrogens (tertiary/aromatic N) is 4. The van der Waals surface area contributed by atoms with Crippen LogP contribution in [0.4, 0.5) is 4.79 Å². The Labute approximate surface area is 243 Å². The predicted molar refractivity (Wildman–Crippen MR) is 153 cm³/mol. The molecule has 3 aromatic rings. The Morgan fingerprint density at radius 2 is 1.71 bits per heavy atom. The van der Waals surface area contributed by atoms with Gasteiger partial charge in [0, 0.05) is 31.6 Å². The highest BCUT2D eigenvalue weighted by atomic mass is 35.5. The summed E-state index contributed by atoms with van der Waals surface area (Å²) in [6.07, 6.45) is -0.509. The lowest BCUT2D eigenvalue weighted by Crippen LogP contribution is -2.76. The number of carbonyl (C=O) groups is 3. The van der Waals surface area contributed by atoms with E-state index in [1.807, 2.05) is 42.5 Å². The number of halogens is 1. The molecule has 2 atom stereocenters. The van der Waals surface area contributed by atoms with E-state index in [2.05, 4.69) is 5.32 Å². The molecular weight excluding hydrogens is 546 g/mol. The second-order valence-corrected chi connectivity index (χ2v) is 10.6. The Bertz CT molecular complexity index is 1420. The van der Waals surface area contributed by atoms with Crippen molar-refractivity contribution in [1.82, 2.24) is 25.1 Å². The second kappa shape index (κ2) is 12.1. The third kappa shape index (κ3) is 6.08. The Kier molecular flexibility index (Phi) is 8.32. The molecule has 2 aliphatic heterocycles. The Balaban J connectivity index is 1.44. The van der Waals surface area contributed by atoms with Crippen LogP contribution in [0.15, 0.2) is 72.8 Å². The molecule has 0 radical (unpaired) electrons. The van der Waals surface area contributed by atoms with Crippen LogP contribution < -0.4 is 10.1 Å². The maximum Gasteiger partial charge on any atom is 0.334 e. The molecule has 214 valence electrons. The number of nitrogens with one attached hydrogen (secondary N) is 1. The zero-order valence-corrected chi connectivity index (χ0v) is 23.6. The van der Waals surface area contributed by atoms with Crippen LogP contribution in [0, 0.1) is 0 Å². The maximum absolute atomic E-state index is 13.9. The van der Waals surface area contributed by atoms with Crippen LogP contribution in [-0.4, -0.2) is 82.2 Å². The molecular formula is C30H32ClN5O5. The lowest BCUT2D eigenvalue weighted by Gasteiger charge is -2.54. The fourth-order valence-corrected chi connectivity index (χ4v) is 5.53. The topological polar surface area (TPSA) is 106 Å². The summed E-state index contributed by atoms with van der Waals surface area (Å²) >= 11 is 6.44. The molecule has 5 rings (SSSR count). The van der Waals surface area contributed by atoms with E-state index in [-0.39, 0.29) is 56.2 Å². The van der Waals surface area contributed by atoms with Gasteiger partial charge in [-0.05, 0) is 47.0 Å². The number of phenols is 1. The Morgan fingerprint density at radius 1 is 1.02 bits per heavy atom. The van der Waals surface area contributed by atoms with Gasteiger partial charge in [-0.15, -0.1) is 0 Å².